The Kier molecular flexibility index (Phi) is 3.93. The third kappa shape index (κ3) is 2.10. The zero-order valence-electron chi connectivity index (χ0n) is 5.98. The van der Waals surface area contributed by atoms with Gasteiger partial charge in [0.2, 0.25) is 11.2 Å². The molecule has 0 saturated heterocycles. The number of hydrogen-bond donors (Lipinski definition) is 1. The zero-order chi connectivity index (χ0) is 7.56. The monoisotopic (exact) mass is 196 g/mol. The first-order valence-corrected chi connectivity index (χ1v) is 3.05. The van der Waals surface area contributed by atoms with Gasteiger partial charge < -0.3 is 9.52 Å². The summed E-state index contributed by atoms with van der Waals surface area (Å²) in [5.41, 5.74) is -0.386. The molecule has 0 fully saturated rings. The fraction of sp³-hybridized carbons (Fsp3) is 0.286. The van der Waals surface area contributed by atoms with E-state index in [0.29, 0.717) is 12.2 Å². The summed E-state index contributed by atoms with van der Waals surface area (Å²) in [6.07, 6.45) is 1.81. The second-order valence-electron chi connectivity index (χ2n) is 1.91. The maximum Gasteiger partial charge on any atom is 0.226 e. The van der Waals surface area contributed by atoms with Gasteiger partial charge in [0.1, 0.15) is 5.76 Å². The van der Waals surface area contributed by atoms with Crippen molar-refractivity contribution in [3.05, 3.63) is 28.3 Å². The Morgan fingerprint density at radius 2 is 2.27 bits per heavy atom. The first kappa shape index (κ1) is 10.3. The van der Waals surface area contributed by atoms with Crippen molar-refractivity contribution >= 4 is 0 Å². The molecule has 0 aliphatic carbocycles. The Morgan fingerprint density at radius 3 is 2.73 bits per heavy atom. The Labute approximate surface area is 74.5 Å². The van der Waals surface area contributed by atoms with Crippen LogP contribution in [0.2, 0.25) is 0 Å². The molecule has 0 saturated carbocycles. The Hall–Kier alpha value is -0.731. The van der Waals surface area contributed by atoms with Gasteiger partial charge in [-0.3, -0.25) is 4.79 Å². The molecule has 3 nitrogen and oxygen atoms in total. The first-order chi connectivity index (χ1) is 4.75. The van der Waals surface area contributed by atoms with Gasteiger partial charge in [0.05, 0.1) is 6.26 Å². The predicted molar refractivity (Wildman–Crippen MR) is 36.0 cm³/mol. The van der Waals surface area contributed by atoms with Crippen LogP contribution in [-0.2, 0) is 23.5 Å². The van der Waals surface area contributed by atoms with Crippen LogP contribution in [-0.4, -0.2) is 5.11 Å². The van der Waals surface area contributed by atoms with Crippen molar-refractivity contribution in [1.82, 2.24) is 0 Å². The van der Waals surface area contributed by atoms with E-state index in [-0.39, 0.29) is 28.2 Å². The molecule has 4 heteroatoms. The molecular formula is C7H8FeO3. The average Bonchev–Trinajstić information content (AvgIpc) is 1.95. The van der Waals surface area contributed by atoms with Crippen LogP contribution in [0.1, 0.15) is 12.7 Å². The van der Waals surface area contributed by atoms with Gasteiger partial charge in [0, 0.05) is 29.6 Å². The molecule has 1 aromatic heterocycles. The molecule has 0 spiro atoms. The molecule has 0 aliphatic heterocycles. The van der Waals surface area contributed by atoms with Crippen LogP contribution in [0.15, 0.2) is 21.5 Å². The summed E-state index contributed by atoms with van der Waals surface area (Å²) in [6.45, 7) is 1.80. The van der Waals surface area contributed by atoms with Crippen molar-refractivity contribution in [2.24, 2.45) is 0 Å². The molecule has 0 radical (unpaired) electrons. The largest absolute Gasteiger partial charge is 0.502 e. The summed E-state index contributed by atoms with van der Waals surface area (Å²) in [4.78, 5) is 10.7. The van der Waals surface area contributed by atoms with Gasteiger partial charge in [-0.1, -0.05) is 6.92 Å². The molecule has 1 rings (SSSR count). The Morgan fingerprint density at radius 1 is 1.64 bits per heavy atom. The fourth-order valence-electron chi connectivity index (χ4n) is 0.701. The van der Waals surface area contributed by atoms with Crippen LogP contribution in [0, 0.1) is 0 Å². The first-order valence-electron chi connectivity index (χ1n) is 3.05. The van der Waals surface area contributed by atoms with Crippen molar-refractivity contribution < 1.29 is 26.6 Å². The van der Waals surface area contributed by atoms with Crippen LogP contribution >= 0.6 is 0 Å². The number of rotatable bonds is 1. The van der Waals surface area contributed by atoms with Gasteiger partial charge in [0.25, 0.3) is 0 Å². The van der Waals surface area contributed by atoms with Gasteiger partial charge in [-0.25, -0.2) is 0 Å². The quantitative estimate of drug-likeness (QED) is 0.679. The van der Waals surface area contributed by atoms with Crippen LogP contribution in [0.3, 0.4) is 0 Å². The topological polar surface area (TPSA) is 50.4 Å². The van der Waals surface area contributed by atoms with Crippen molar-refractivity contribution in [3.63, 3.8) is 0 Å². The van der Waals surface area contributed by atoms with Crippen LogP contribution < -0.4 is 5.43 Å². The fourth-order valence-corrected chi connectivity index (χ4v) is 0.701. The molecule has 0 unspecified atom stereocenters. The van der Waals surface area contributed by atoms with Crippen molar-refractivity contribution in [2.45, 2.75) is 13.3 Å². The van der Waals surface area contributed by atoms with Gasteiger partial charge in [-0.15, -0.1) is 0 Å². The zero-order valence-corrected chi connectivity index (χ0v) is 7.08. The van der Waals surface area contributed by atoms with E-state index in [1.165, 1.54) is 12.3 Å². The van der Waals surface area contributed by atoms with Gasteiger partial charge in [0.15, 0.2) is 0 Å². The second-order valence-corrected chi connectivity index (χ2v) is 1.91. The SMILES string of the molecule is CCc1occc(=O)c1O.[Fe]. The van der Waals surface area contributed by atoms with E-state index < -0.39 is 0 Å². The molecular weight excluding hydrogens is 188 g/mol. The van der Waals surface area contributed by atoms with E-state index in [1.54, 1.807) is 6.92 Å². The standard InChI is InChI=1S/C7H8O3.Fe/c1-2-6-7(9)5(8)3-4-10-6;/h3-4,9H,2H2,1H3;. The van der Waals surface area contributed by atoms with E-state index in [1.807, 2.05) is 0 Å². The maximum atomic E-state index is 10.7. The third-order valence-corrected chi connectivity index (χ3v) is 1.25. The predicted octanol–water partition coefficient (Wildman–Crippen LogP) is 0.905. The summed E-state index contributed by atoms with van der Waals surface area (Å²) >= 11 is 0. The summed E-state index contributed by atoms with van der Waals surface area (Å²) < 4.78 is 4.84. The molecule has 0 amide bonds. The minimum Gasteiger partial charge on any atom is -0.502 e. The molecule has 0 bridgehead atoms. The molecule has 1 heterocycles. The summed E-state index contributed by atoms with van der Waals surface area (Å²) in [6, 6.07) is 1.19. The van der Waals surface area contributed by atoms with Crippen LogP contribution in [0.5, 0.6) is 5.75 Å². The smallest absolute Gasteiger partial charge is 0.226 e. The van der Waals surface area contributed by atoms with E-state index in [9.17, 15) is 4.79 Å². The third-order valence-electron chi connectivity index (χ3n) is 1.25. The number of aryl methyl sites for hydroxylation is 1. The molecule has 11 heavy (non-hydrogen) atoms. The minimum absolute atomic E-state index is 0. The molecule has 0 aromatic carbocycles. The second kappa shape index (κ2) is 4.21. The molecule has 1 N–H and O–H groups in total. The molecule has 1 aromatic rings. The van der Waals surface area contributed by atoms with Gasteiger partial charge in [-0.05, 0) is 0 Å². The number of aromatic hydroxyl groups is 1. The molecule has 62 valence electrons. The molecule has 0 atom stereocenters. The van der Waals surface area contributed by atoms with Crippen LogP contribution in [0.25, 0.3) is 0 Å². The Balaban J connectivity index is 0.000001000. The maximum absolute atomic E-state index is 10.7. The van der Waals surface area contributed by atoms with E-state index in [0.717, 1.165) is 0 Å². The summed E-state index contributed by atoms with van der Waals surface area (Å²) in [7, 11) is 0. The summed E-state index contributed by atoms with van der Waals surface area (Å²) in [5, 5.41) is 8.99. The normalized spacial score (nSPS) is 8.82. The van der Waals surface area contributed by atoms with Crippen LogP contribution in [0.4, 0.5) is 0 Å². The van der Waals surface area contributed by atoms with Crippen molar-refractivity contribution in [2.75, 3.05) is 0 Å². The van der Waals surface area contributed by atoms with Crippen molar-refractivity contribution in [1.29, 1.82) is 0 Å². The van der Waals surface area contributed by atoms with Crippen molar-refractivity contribution in [3.8, 4) is 5.75 Å². The van der Waals surface area contributed by atoms with E-state index in [2.05, 4.69) is 0 Å². The number of hydrogen-bond acceptors (Lipinski definition) is 3. The average molecular weight is 196 g/mol. The summed E-state index contributed by atoms with van der Waals surface area (Å²) in [5.74, 6) is 0.0671. The van der Waals surface area contributed by atoms with Gasteiger partial charge in [-0.2, -0.15) is 0 Å². The molecule has 0 aliphatic rings. The van der Waals surface area contributed by atoms with Gasteiger partial charge >= 0.3 is 0 Å². The van der Waals surface area contributed by atoms with E-state index >= 15 is 0 Å². The van der Waals surface area contributed by atoms with E-state index in [4.69, 9.17) is 9.52 Å². The Bertz CT molecular complexity index is 279. The minimum atomic E-state index is -0.386.